The second kappa shape index (κ2) is 5.29. The van der Waals surface area contributed by atoms with Crippen LogP contribution in [0.2, 0.25) is 0 Å². The van der Waals surface area contributed by atoms with Gasteiger partial charge in [0, 0.05) is 18.3 Å². The van der Waals surface area contributed by atoms with Crippen molar-refractivity contribution in [2.24, 2.45) is 5.73 Å². The first-order valence-electron chi connectivity index (χ1n) is 5.29. The van der Waals surface area contributed by atoms with Gasteiger partial charge in [-0.05, 0) is 46.6 Å². The van der Waals surface area contributed by atoms with Gasteiger partial charge in [0.25, 0.3) is 0 Å². The number of pyridine rings is 1. The van der Waals surface area contributed by atoms with Crippen LogP contribution in [0.25, 0.3) is 0 Å². The van der Waals surface area contributed by atoms with Gasteiger partial charge in [0.1, 0.15) is 5.75 Å². The lowest BCUT2D eigenvalue weighted by Gasteiger charge is -2.08. The third-order valence-corrected chi connectivity index (χ3v) is 2.93. The molecule has 1 heterocycles. The Morgan fingerprint density at radius 1 is 1.29 bits per heavy atom. The maximum Gasteiger partial charge on any atom is 0.219 e. The number of aromatic nitrogens is 1. The van der Waals surface area contributed by atoms with Crippen LogP contribution in [0.3, 0.4) is 0 Å². The highest BCUT2D eigenvalue weighted by molar-refractivity contribution is 9.10. The minimum Gasteiger partial charge on any atom is -0.438 e. The molecule has 0 saturated carbocycles. The van der Waals surface area contributed by atoms with Gasteiger partial charge in [0.15, 0.2) is 0 Å². The largest absolute Gasteiger partial charge is 0.438 e. The van der Waals surface area contributed by atoms with Gasteiger partial charge < -0.3 is 10.5 Å². The molecule has 0 amide bonds. The van der Waals surface area contributed by atoms with E-state index < -0.39 is 0 Å². The van der Waals surface area contributed by atoms with E-state index in [2.05, 4.69) is 20.9 Å². The van der Waals surface area contributed by atoms with Gasteiger partial charge in [-0.2, -0.15) is 0 Å². The van der Waals surface area contributed by atoms with Crippen LogP contribution < -0.4 is 10.5 Å². The number of benzene rings is 1. The van der Waals surface area contributed by atoms with E-state index in [1.54, 1.807) is 0 Å². The fourth-order valence-corrected chi connectivity index (χ4v) is 1.88. The van der Waals surface area contributed by atoms with Gasteiger partial charge in [-0.25, -0.2) is 4.98 Å². The van der Waals surface area contributed by atoms with Crippen molar-refractivity contribution in [3.05, 3.63) is 52.1 Å². The lowest BCUT2D eigenvalue weighted by Crippen LogP contribution is -1.99. The number of hydrogen-bond donors (Lipinski definition) is 1. The molecule has 0 saturated heterocycles. The van der Waals surface area contributed by atoms with Crippen LogP contribution in [0.4, 0.5) is 0 Å². The Hall–Kier alpha value is -1.39. The molecular weight excluding hydrogens is 280 g/mol. The van der Waals surface area contributed by atoms with Crippen LogP contribution in [-0.2, 0) is 6.54 Å². The molecule has 2 N–H and O–H groups in total. The van der Waals surface area contributed by atoms with Gasteiger partial charge in [-0.15, -0.1) is 0 Å². The van der Waals surface area contributed by atoms with E-state index in [0.717, 1.165) is 21.5 Å². The van der Waals surface area contributed by atoms with E-state index in [4.69, 9.17) is 10.5 Å². The fourth-order valence-electron chi connectivity index (χ4n) is 1.52. The highest BCUT2D eigenvalue weighted by Crippen LogP contribution is 2.28. The van der Waals surface area contributed by atoms with Crippen molar-refractivity contribution >= 4 is 15.9 Å². The normalized spacial score (nSPS) is 10.3. The van der Waals surface area contributed by atoms with Crippen LogP contribution in [-0.4, -0.2) is 4.98 Å². The van der Waals surface area contributed by atoms with Gasteiger partial charge >= 0.3 is 0 Å². The molecule has 2 aromatic rings. The predicted molar refractivity (Wildman–Crippen MR) is 71.1 cm³/mol. The average molecular weight is 293 g/mol. The Bertz CT molecular complexity index is 529. The molecule has 0 bridgehead atoms. The van der Waals surface area contributed by atoms with Crippen molar-refractivity contribution in [1.29, 1.82) is 0 Å². The Balaban J connectivity index is 2.30. The maximum absolute atomic E-state index is 5.72. The Morgan fingerprint density at radius 3 is 2.76 bits per heavy atom. The van der Waals surface area contributed by atoms with Crippen molar-refractivity contribution in [2.75, 3.05) is 0 Å². The molecule has 1 aromatic carbocycles. The zero-order valence-electron chi connectivity index (χ0n) is 9.48. The molecule has 0 unspecified atom stereocenters. The molecule has 1 aromatic heterocycles. The zero-order valence-corrected chi connectivity index (χ0v) is 11.1. The zero-order chi connectivity index (χ0) is 12.3. The summed E-state index contributed by atoms with van der Waals surface area (Å²) in [6, 6.07) is 11.5. The summed E-state index contributed by atoms with van der Waals surface area (Å²) in [6.45, 7) is 2.40. The van der Waals surface area contributed by atoms with Gasteiger partial charge in [-0.1, -0.05) is 12.1 Å². The van der Waals surface area contributed by atoms with Crippen molar-refractivity contribution < 1.29 is 4.74 Å². The fraction of sp³-hybridized carbons (Fsp3) is 0.154. The Kier molecular flexibility index (Phi) is 3.76. The lowest BCUT2D eigenvalue weighted by atomic mass is 10.2. The van der Waals surface area contributed by atoms with Crippen molar-refractivity contribution in [3.8, 4) is 11.6 Å². The molecule has 0 spiro atoms. The summed E-state index contributed by atoms with van der Waals surface area (Å²) in [5.41, 5.74) is 7.53. The van der Waals surface area contributed by atoms with Crippen LogP contribution in [0.15, 0.2) is 40.9 Å². The number of nitrogens with two attached hydrogens (primary N) is 1. The van der Waals surface area contributed by atoms with Crippen molar-refractivity contribution in [1.82, 2.24) is 4.98 Å². The molecule has 88 valence electrons. The van der Waals surface area contributed by atoms with Crippen LogP contribution >= 0.6 is 15.9 Å². The van der Waals surface area contributed by atoms with E-state index in [9.17, 15) is 0 Å². The highest BCUT2D eigenvalue weighted by Gasteiger charge is 2.04. The van der Waals surface area contributed by atoms with Gasteiger partial charge in [0.2, 0.25) is 5.88 Å². The molecular formula is C13H13BrN2O. The second-order valence-corrected chi connectivity index (χ2v) is 4.55. The Morgan fingerprint density at radius 2 is 2.06 bits per heavy atom. The summed E-state index contributed by atoms with van der Waals surface area (Å²) in [6.07, 6.45) is 0. The number of hydrogen-bond acceptors (Lipinski definition) is 3. The van der Waals surface area contributed by atoms with Crippen LogP contribution in [0.1, 0.15) is 11.3 Å². The van der Waals surface area contributed by atoms with Crippen LogP contribution in [0.5, 0.6) is 11.6 Å². The number of halogens is 1. The number of rotatable bonds is 3. The number of aryl methyl sites for hydroxylation is 1. The molecule has 0 atom stereocenters. The summed E-state index contributed by atoms with van der Waals surface area (Å²) in [5, 5.41) is 0. The monoisotopic (exact) mass is 292 g/mol. The Labute approximate surface area is 109 Å². The summed E-state index contributed by atoms with van der Waals surface area (Å²) in [5.74, 6) is 1.31. The topological polar surface area (TPSA) is 48.1 Å². The SMILES string of the molecule is Cc1cc(CN)cc(Oc2ccccc2Br)n1. The van der Waals surface area contributed by atoms with E-state index in [1.807, 2.05) is 43.3 Å². The minimum atomic E-state index is 0.482. The molecule has 0 aliphatic carbocycles. The first-order valence-corrected chi connectivity index (χ1v) is 6.08. The lowest BCUT2D eigenvalue weighted by molar-refractivity contribution is 0.458. The number of para-hydroxylation sites is 1. The van der Waals surface area contributed by atoms with Gasteiger partial charge in [0.05, 0.1) is 4.47 Å². The van der Waals surface area contributed by atoms with E-state index >= 15 is 0 Å². The summed E-state index contributed by atoms with van der Waals surface area (Å²) >= 11 is 3.43. The minimum absolute atomic E-state index is 0.482. The molecule has 0 fully saturated rings. The third-order valence-electron chi connectivity index (χ3n) is 2.28. The predicted octanol–water partition coefficient (Wildman–Crippen LogP) is 3.40. The molecule has 3 nitrogen and oxygen atoms in total. The molecule has 17 heavy (non-hydrogen) atoms. The van der Waals surface area contributed by atoms with Crippen molar-refractivity contribution in [2.45, 2.75) is 13.5 Å². The number of nitrogens with zero attached hydrogens (tertiary/aromatic N) is 1. The first kappa shape index (κ1) is 12.1. The summed E-state index contributed by atoms with van der Waals surface area (Å²) < 4.78 is 6.62. The summed E-state index contributed by atoms with van der Waals surface area (Å²) in [7, 11) is 0. The average Bonchev–Trinajstić information content (AvgIpc) is 2.31. The molecule has 0 radical (unpaired) electrons. The van der Waals surface area contributed by atoms with Gasteiger partial charge in [-0.3, -0.25) is 0 Å². The van der Waals surface area contributed by atoms with Crippen molar-refractivity contribution in [3.63, 3.8) is 0 Å². The molecule has 0 aliphatic rings. The quantitative estimate of drug-likeness (QED) is 0.943. The standard InChI is InChI=1S/C13H13BrN2O/c1-9-6-10(8-15)7-13(16-9)17-12-5-3-2-4-11(12)14/h2-7H,8,15H2,1H3. The first-order chi connectivity index (χ1) is 8.19. The third kappa shape index (κ3) is 3.05. The molecule has 0 aliphatic heterocycles. The second-order valence-electron chi connectivity index (χ2n) is 3.69. The number of ether oxygens (including phenoxy) is 1. The molecule has 2 rings (SSSR count). The highest BCUT2D eigenvalue weighted by atomic mass is 79.9. The van der Waals surface area contributed by atoms with E-state index in [1.165, 1.54) is 0 Å². The molecule has 4 heteroatoms. The smallest absolute Gasteiger partial charge is 0.219 e. The van der Waals surface area contributed by atoms with Crippen LogP contribution in [0, 0.1) is 6.92 Å². The summed E-state index contributed by atoms with van der Waals surface area (Å²) in [4.78, 5) is 4.32. The maximum atomic E-state index is 5.72. The van der Waals surface area contributed by atoms with E-state index in [-0.39, 0.29) is 0 Å². The van der Waals surface area contributed by atoms with E-state index in [0.29, 0.717) is 12.4 Å².